The summed E-state index contributed by atoms with van der Waals surface area (Å²) >= 11 is 4.00. The van der Waals surface area contributed by atoms with Gasteiger partial charge in [-0.25, -0.2) is 0 Å². The average Bonchev–Trinajstić information content (AvgIpc) is 2.63. The Morgan fingerprint density at radius 1 is 1.40 bits per heavy atom. The van der Waals surface area contributed by atoms with E-state index in [0.29, 0.717) is 23.9 Å². The number of carbonyl (C=O) groups excluding carboxylic acids is 2. The summed E-state index contributed by atoms with van der Waals surface area (Å²) in [6, 6.07) is 0. The van der Waals surface area contributed by atoms with Gasteiger partial charge in [0.25, 0.3) is 0 Å². The van der Waals surface area contributed by atoms with Crippen LogP contribution in [0.3, 0.4) is 0 Å². The molecule has 2 unspecified atom stereocenters. The normalized spacial score (nSPS) is 25.2. The summed E-state index contributed by atoms with van der Waals surface area (Å²) in [6.07, 6.45) is 3.47. The number of rotatable bonds is 5. The highest BCUT2D eigenvalue weighted by Gasteiger charge is 2.27. The van der Waals surface area contributed by atoms with Crippen LogP contribution in [0.15, 0.2) is 0 Å². The summed E-state index contributed by atoms with van der Waals surface area (Å²) in [5.74, 6) is 1.67. The second-order valence-corrected chi connectivity index (χ2v) is 4.71. The number of ketones is 1. The molecular weight excluding hydrogens is 210 g/mol. The lowest BCUT2D eigenvalue weighted by Crippen LogP contribution is -2.28. The molecule has 1 aliphatic carbocycles. The van der Waals surface area contributed by atoms with Crippen LogP contribution in [0.4, 0.5) is 0 Å². The van der Waals surface area contributed by atoms with Crippen molar-refractivity contribution in [2.45, 2.75) is 32.6 Å². The van der Waals surface area contributed by atoms with E-state index in [-0.39, 0.29) is 11.8 Å². The Bertz CT molecular complexity index is 243. The lowest BCUT2D eigenvalue weighted by atomic mass is 10.0. The van der Waals surface area contributed by atoms with Gasteiger partial charge in [0.05, 0.1) is 0 Å². The van der Waals surface area contributed by atoms with E-state index >= 15 is 0 Å². The SMILES string of the molecule is CC(=O)C1CCC(CNC(=O)CCS)C1. The molecule has 2 atom stereocenters. The standard InChI is InChI=1S/C11H19NO2S/c1-8(13)10-3-2-9(6-10)7-12-11(14)4-5-15/h9-10,15H,2-7H2,1H3,(H,12,14). The van der Waals surface area contributed by atoms with E-state index in [4.69, 9.17) is 0 Å². The van der Waals surface area contributed by atoms with Gasteiger partial charge in [-0.1, -0.05) is 0 Å². The molecule has 0 saturated heterocycles. The fourth-order valence-electron chi connectivity index (χ4n) is 2.08. The monoisotopic (exact) mass is 229 g/mol. The molecule has 0 aliphatic heterocycles. The zero-order valence-corrected chi connectivity index (χ0v) is 10.1. The highest BCUT2D eigenvalue weighted by Crippen LogP contribution is 2.30. The van der Waals surface area contributed by atoms with E-state index in [1.807, 2.05) is 0 Å². The fourth-order valence-corrected chi connectivity index (χ4v) is 2.28. The number of carbonyl (C=O) groups is 2. The Balaban J connectivity index is 2.19. The van der Waals surface area contributed by atoms with E-state index in [0.717, 1.165) is 25.8 Å². The third-order valence-electron chi connectivity index (χ3n) is 3.04. The molecule has 1 aliphatic rings. The maximum Gasteiger partial charge on any atom is 0.220 e. The van der Waals surface area contributed by atoms with Gasteiger partial charge in [-0.15, -0.1) is 0 Å². The van der Waals surface area contributed by atoms with Gasteiger partial charge in [-0.2, -0.15) is 12.6 Å². The fraction of sp³-hybridized carbons (Fsp3) is 0.818. The van der Waals surface area contributed by atoms with Gasteiger partial charge in [-0.05, 0) is 37.9 Å². The van der Waals surface area contributed by atoms with Crippen LogP contribution in [-0.4, -0.2) is 24.0 Å². The van der Waals surface area contributed by atoms with Crippen LogP contribution < -0.4 is 5.32 Å². The van der Waals surface area contributed by atoms with Gasteiger partial charge in [0, 0.05) is 18.9 Å². The molecule has 1 rings (SSSR count). The van der Waals surface area contributed by atoms with Crippen molar-refractivity contribution in [2.24, 2.45) is 11.8 Å². The lowest BCUT2D eigenvalue weighted by molar-refractivity contribution is -0.121. The number of amides is 1. The van der Waals surface area contributed by atoms with Gasteiger partial charge in [-0.3, -0.25) is 9.59 Å². The summed E-state index contributed by atoms with van der Waals surface area (Å²) in [6.45, 7) is 2.38. The van der Waals surface area contributed by atoms with E-state index in [2.05, 4.69) is 17.9 Å². The van der Waals surface area contributed by atoms with Crippen LogP contribution in [0.2, 0.25) is 0 Å². The molecule has 0 spiro atoms. The van der Waals surface area contributed by atoms with Gasteiger partial charge in [0.1, 0.15) is 5.78 Å². The topological polar surface area (TPSA) is 46.2 Å². The first-order chi connectivity index (χ1) is 7.13. The number of hydrogen-bond acceptors (Lipinski definition) is 3. The molecule has 0 radical (unpaired) electrons. The van der Waals surface area contributed by atoms with Crippen LogP contribution in [0.25, 0.3) is 0 Å². The van der Waals surface area contributed by atoms with Gasteiger partial charge in [0.2, 0.25) is 5.91 Å². The minimum absolute atomic E-state index is 0.0660. The van der Waals surface area contributed by atoms with Crippen molar-refractivity contribution in [3.8, 4) is 0 Å². The maximum absolute atomic E-state index is 11.2. The molecule has 0 aromatic heterocycles. The predicted octanol–water partition coefficient (Wildman–Crippen LogP) is 1.43. The number of hydrogen-bond donors (Lipinski definition) is 2. The largest absolute Gasteiger partial charge is 0.356 e. The molecule has 15 heavy (non-hydrogen) atoms. The highest BCUT2D eigenvalue weighted by atomic mass is 32.1. The molecule has 1 fully saturated rings. The Morgan fingerprint density at radius 2 is 2.13 bits per heavy atom. The van der Waals surface area contributed by atoms with Crippen LogP contribution >= 0.6 is 12.6 Å². The highest BCUT2D eigenvalue weighted by molar-refractivity contribution is 7.80. The Labute approximate surface area is 96.4 Å². The van der Waals surface area contributed by atoms with Crippen LogP contribution in [-0.2, 0) is 9.59 Å². The van der Waals surface area contributed by atoms with Crippen LogP contribution in [0.5, 0.6) is 0 Å². The summed E-state index contributed by atoms with van der Waals surface area (Å²) in [5, 5.41) is 2.89. The average molecular weight is 229 g/mol. The first kappa shape index (κ1) is 12.6. The van der Waals surface area contributed by atoms with Gasteiger partial charge < -0.3 is 5.32 Å². The molecule has 1 N–H and O–H groups in total. The van der Waals surface area contributed by atoms with Crippen molar-refractivity contribution < 1.29 is 9.59 Å². The summed E-state index contributed by atoms with van der Waals surface area (Å²) in [5.41, 5.74) is 0. The number of nitrogens with one attached hydrogen (secondary N) is 1. The van der Waals surface area contributed by atoms with E-state index in [9.17, 15) is 9.59 Å². The minimum Gasteiger partial charge on any atom is -0.356 e. The van der Waals surface area contributed by atoms with Crippen molar-refractivity contribution in [3.05, 3.63) is 0 Å². The second-order valence-electron chi connectivity index (χ2n) is 4.26. The summed E-state index contributed by atoms with van der Waals surface area (Å²) < 4.78 is 0. The van der Waals surface area contributed by atoms with Gasteiger partial charge in [0.15, 0.2) is 0 Å². The number of thiol groups is 1. The van der Waals surface area contributed by atoms with E-state index in [1.165, 1.54) is 0 Å². The molecule has 86 valence electrons. The smallest absolute Gasteiger partial charge is 0.220 e. The van der Waals surface area contributed by atoms with Crippen molar-refractivity contribution in [3.63, 3.8) is 0 Å². The molecule has 3 nitrogen and oxygen atoms in total. The zero-order valence-electron chi connectivity index (χ0n) is 9.16. The van der Waals surface area contributed by atoms with Crippen LogP contribution in [0.1, 0.15) is 32.6 Å². The van der Waals surface area contributed by atoms with Gasteiger partial charge >= 0.3 is 0 Å². The maximum atomic E-state index is 11.2. The molecular formula is C11H19NO2S. The second kappa shape index (κ2) is 6.16. The third kappa shape index (κ3) is 4.24. The molecule has 0 aromatic rings. The van der Waals surface area contributed by atoms with Crippen LogP contribution in [0, 0.1) is 11.8 Å². The van der Waals surface area contributed by atoms with Crippen molar-refractivity contribution >= 4 is 24.3 Å². The quantitative estimate of drug-likeness (QED) is 0.701. The molecule has 1 saturated carbocycles. The van der Waals surface area contributed by atoms with Crippen molar-refractivity contribution in [1.29, 1.82) is 0 Å². The number of Topliss-reactive ketones (excluding diaryl/α,β-unsaturated/α-hetero) is 1. The first-order valence-corrected chi connectivity index (χ1v) is 6.14. The molecule has 4 heteroatoms. The lowest BCUT2D eigenvalue weighted by Gasteiger charge is -2.10. The van der Waals surface area contributed by atoms with Crippen molar-refractivity contribution in [1.82, 2.24) is 5.32 Å². The van der Waals surface area contributed by atoms with Crippen molar-refractivity contribution in [2.75, 3.05) is 12.3 Å². The summed E-state index contributed by atoms with van der Waals surface area (Å²) in [7, 11) is 0. The zero-order chi connectivity index (χ0) is 11.3. The van der Waals surface area contributed by atoms with E-state index < -0.39 is 0 Å². The minimum atomic E-state index is 0.0660. The molecule has 0 bridgehead atoms. The predicted molar refractivity (Wildman–Crippen MR) is 63.0 cm³/mol. The molecule has 0 heterocycles. The molecule has 1 amide bonds. The summed E-state index contributed by atoms with van der Waals surface area (Å²) in [4.78, 5) is 22.3. The Kier molecular flexibility index (Phi) is 5.15. The third-order valence-corrected chi connectivity index (χ3v) is 3.27. The first-order valence-electron chi connectivity index (χ1n) is 5.51. The Morgan fingerprint density at radius 3 is 2.67 bits per heavy atom. The molecule has 0 aromatic carbocycles. The Hall–Kier alpha value is -0.510. The van der Waals surface area contributed by atoms with E-state index in [1.54, 1.807) is 6.92 Å².